The van der Waals surface area contributed by atoms with Gasteiger partial charge in [0.1, 0.15) is 78.5 Å². The molecule has 2 heterocycles. The minimum atomic E-state index is -1.82. The molecule has 2 rings (SSSR count). The van der Waals surface area contributed by atoms with E-state index in [1.807, 2.05) is 0 Å². The van der Waals surface area contributed by atoms with Crippen molar-refractivity contribution in [2.75, 3.05) is 72.0 Å². The van der Waals surface area contributed by atoms with E-state index in [1.54, 1.807) is 0 Å². The third-order valence-corrected chi connectivity index (χ3v) is 20.6. The molecule has 732 valence electrons. The highest BCUT2D eigenvalue weighted by Gasteiger charge is 2.45. The molecular weight excluding hydrogens is 1710 g/mol. The first-order valence-electron chi connectivity index (χ1n) is 43.1. The van der Waals surface area contributed by atoms with Crippen molar-refractivity contribution in [3.05, 3.63) is 0 Å². The van der Waals surface area contributed by atoms with Gasteiger partial charge in [0, 0.05) is 71.6 Å². The summed E-state index contributed by atoms with van der Waals surface area (Å²) in [5, 5.41) is 99.8. The molecule has 2 fully saturated rings. The molecule has 2 aliphatic heterocycles. The second-order valence-electron chi connectivity index (χ2n) is 31.1. The molecule has 0 aromatic heterocycles. The molecule has 0 saturated carbocycles. The number of carboxylic acid groups (broad SMARTS) is 1. The van der Waals surface area contributed by atoms with Crippen molar-refractivity contribution in [2.24, 2.45) is 68.8 Å². The Hall–Kier alpha value is -13.5. The van der Waals surface area contributed by atoms with E-state index in [1.165, 1.54) is 9.80 Å². The standard InChI is InChI=1S/C75H139N37O18/c76-29-3-1-13-41(101-57(117)40(100-56(116)39-78)15-5-31-94-70(82)83)58(118)102-42(14-2-4-30-77)59(119)103-43(16-6-32-95-71(84)85)60(120)104-45(18-8-34-97-73(88)89)62(122)107-47(23-26-53(79)113)64(124)106-44(17-7-33-96-72(86)87)61(121)105-46(19-9-35-98-74(90)91)63(123)109-49(20-10-36-99-75(92)93)67(127)112-38-12-22-52(112)68(128)111-37-11-21-51(111)66(126)108-48(24-27-54(80)114)65(125)110-50(69(129)130)25-28-55(81)115/h40-52H,1-39,76-78H2,(H2,79,113)(H2,80,114)(H2,81,115)(H,100,116)(H,101,117)(H,102,118)(H,103,119)(H,104,120)(H,105,121)(H,106,124)(H,107,122)(H,108,126)(H,109,123)(H,110,125)(H,129,130)(H4,82,83,94)(H4,84,85,95)(H4,86,87,96)(H4,88,89,97)(H4,90,91,98)(H4,92,93,99)/t40-,41-,42-,43-,44-,45-,46-,47-,48-,49-,50-,51-,52-/m0/s1. The summed E-state index contributed by atoms with van der Waals surface area (Å²) in [6, 6.07) is -19.8. The number of nitrogens with two attached hydrogens (primary N) is 12. The molecule has 0 aliphatic carbocycles. The van der Waals surface area contributed by atoms with E-state index < -0.39 is 254 Å². The number of hydrogen-bond donors (Lipinski definition) is 36. The number of aliphatic carboxylic acids is 1. The number of amides is 16. The van der Waals surface area contributed by atoms with Crippen molar-refractivity contribution in [3.8, 4) is 0 Å². The zero-order valence-electron chi connectivity index (χ0n) is 73.3. The highest BCUT2D eigenvalue weighted by molar-refractivity contribution is 6.01. The number of primary amides is 3. The summed E-state index contributed by atoms with van der Waals surface area (Å²) in [4.78, 5) is 239. The van der Waals surface area contributed by atoms with Crippen molar-refractivity contribution in [3.63, 3.8) is 0 Å². The minimum absolute atomic E-state index is 0.000177. The third kappa shape index (κ3) is 45.8. The van der Waals surface area contributed by atoms with Crippen molar-refractivity contribution in [2.45, 2.75) is 258 Å². The second kappa shape index (κ2) is 61.8. The van der Waals surface area contributed by atoms with E-state index in [4.69, 9.17) is 101 Å². The van der Waals surface area contributed by atoms with Crippen LogP contribution in [0.1, 0.15) is 180 Å². The molecule has 0 bridgehead atoms. The monoisotopic (exact) mass is 1850 g/mol. The molecule has 13 atom stereocenters. The SMILES string of the molecule is N=C(N)NCCC[C@H](NC(=O)CN)C(=O)N[C@@H](CCCCN)C(=O)N[C@@H](CCCCN)C(=O)N[C@@H](CCCNC(=N)N)C(=O)N[C@@H](CCCNC(=N)N)C(=O)N[C@@H](CCC(N)=O)C(=O)N[C@@H](CCCNC(=N)N)C(=O)N[C@@H](CCCNC(=N)N)C(=O)N[C@@H](CCCNC(=N)N)C(=O)N1CCC[C@H]1C(=O)N1CCC[C@H]1C(=O)N[C@@H](CCC(N)=O)C(=O)N[C@@H](CCC(N)=O)C(=O)O. The maximum Gasteiger partial charge on any atom is 0.326 e. The Morgan fingerprint density at radius 2 is 0.531 bits per heavy atom. The van der Waals surface area contributed by atoms with Crippen molar-refractivity contribution >= 4 is 136 Å². The van der Waals surface area contributed by atoms with E-state index in [9.17, 15) is 72.2 Å². The lowest BCUT2D eigenvalue weighted by Gasteiger charge is -2.34. The van der Waals surface area contributed by atoms with Gasteiger partial charge in [-0.05, 0) is 174 Å². The molecular formula is C75H139N37O18. The highest BCUT2D eigenvalue weighted by atomic mass is 16.4. The van der Waals surface area contributed by atoms with E-state index in [2.05, 4.69) is 90.4 Å². The van der Waals surface area contributed by atoms with E-state index in [0.29, 0.717) is 19.3 Å². The van der Waals surface area contributed by atoms with Gasteiger partial charge < -0.3 is 174 Å². The fraction of sp³-hybridized carbons (Fsp3) is 0.693. The van der Waals surface area contributed by atoms with Crippen LogP contribution in [0.15, 0.2) is 0 Å². The maximum absolute atomic E-state index is 15.2. The normalized spacial score (nSPS) is 15.7. The first-order chi connectivity index (χ1) is 61.5. The van der Waals surface area contributed by atoms with Gasteiger partial charge >= 0.3 is 5.97 Å². The molecule has 0 aromatic rings. The molecule has 0 spiro atoms. The Balaban J connectivity index is 2.77. The van der Waals surface area contributed by atoms with Crippen molar-refractivity contribution in [1.82, 2.24) is 100 Å². The lowest BCUT2D eigenvalue weighted by atomic mass is 10.0. The summed E-state index contributed by atoms with van der Waals surface area (Å²) in [6.07, 6.45) is -2.51. The van der Waals surface area contributed by atoms with Gasteiger partial charge in [0.2, 0.25) is 94.5 Å². The fourth-order valence-corrected chi connectivity index (χ4v) is 13.9. The molecule has 130 heavy (non-hydrogen) atoms. The van der Waals surface area contributed by atoms with Gasteiger partial charge in [-0.1, -0.05) is 0 Å². The second-order valence-corrected chi connectivity index (χ2v) is 31.1. The number of guanidine groups is 6. The maximum atomic E-state index is 15.2. The van der Waals surface area contributed by atoms with Crippen LogP contribution in [0.5, 0.6) is 0 Å². The number of carboxylic acids is 1. The van der Waals surface area contributed by atoms with Gasteiger partial charge in [0.25, 0.3) is 0 Å². The lowest BCUT2D eigenvalue weighted by Crippen LogP contribution is -2.61. The summed E-state index contributed by atoms with van der Waals surface area (Å²) in [7, 11) is 0. The average Bonchev–Trinajstić information content (AvgIpc) is 1.65. The molecule has 2 aliphatic rings. The fourth-order valence-electron chi connectivity index (χ4n) is 13.9. The molecule has 48 N–H and O–H groups in total. The Bertz CT molecular complexity index is 3860. The van der Waals surface area contributed by atoms with E-state index >= 15 is 14.4 Å². The quantitative estimate of drug-likeness (QED) is 0.0153. The molecule has 2 saturated heterocycles. The van der Waals surface area contributed by atoms with Gasteiger partial charge in [-0.15, -0.1) is 0 Å². The Morgan fingerprint density at radius 1 is 0.292 bits per heavy atom. The van der Waals surface area contributed by atoms with Crippen LogP contribution < -0.4 is 159 Å². The topological polar surface area (TPSA) is 977 Å². The van der Waals surface area contributed by atoms with Crippen LogP contribution in [0.2, 0.25) is 0 Å². The highest BCUT2D eigenvalue weighted by Crippen LogP contribution is 2.27. The number of nitrogens with one attached hydrogen (secondary N) is 23. The zero-order chi connectivity index (χ0) is 97.5. The summed E-state index contributed by atoms with van der Waals surface area (Å²) >= 11 is 0. The number of likely N-dealkylation sites (tertiary alicyclic amines) is 2. The number of hydrogen-bond acceptors (Lipinski definition) is 26. The van der Waals surface area contributed by atoms with Gasteiger partial charge in [-0.25, -0.2) is 4.79 Å². The summed E-state index contributed by atoms with van der Waals surface area (Å²) in [6.45, 7) is -0.421. The van der Waals surface area contributed by atoms with Gasteiger partial charge in [0.15, 0.2) is 35.8 Å². The smallest absolute Gasteiger partial charge is 0.326 e. The van der Waals surface area contributed by atoms with Crippen molar-refractivity contribution < 1.29 is 86.6 Å². The van der Waals surface area contributed by atoms with Crippen LogP contribution in [0.3, 0.4) is 0 Å². The Morgan fingerprint density at radius 3 is 0.808 bits per heavy atom. The van der Waals surface area contributed by atoms with E-state index in [0.717, 1.165) is 0 Å². The van der Waals surface area contributed by atoms with Crippen LogP contribution in [0.25, 0.3) is 0 Å². The first kappa shape index (κ1) is 113. The van der Waals surface area contributed by atoms with Crippen LogP contribution in [-0.4, -0.2) is 302 Å². The predicted molar refractivity (Wildman–Crippen MR) is 473 cm³/mol. The average molecular weight is 1850 g/mol. The summed E-state index contributed by atoms with van der Waals surface area (Å²) in [5.74, 6) is -19.2. The molecule has 55 heteroatoms. The van der Waals surface area contributed by atoms with Gasteiger partial charge in [-0.2, -0.15) is 0 Å². The number of nitrogens with zero attached hydrogens (tertiary/aromatic N) is 2. The molecule has 0 aromatic carbocycles. The molecule has 55 nitrogen and oxygen atoms in total. The number of unbranched alkanes of at least 4 members (excludes halogenated alkanes) is 2. The lowest BCUT2D eigenvalue weighted by molar-refractivity contribution is -0.148. The Labute approximate surface area is 751 Å². The molecule has 0 radical (unpaired) electrons. The minimum Gasteiger partial charge on any atom is -0.480 e. The van der Waals surface area contributed by atoms with Crippen LogP contribution >= 0.6 is 0 Å². The van der Waals surface area contributed by atoms with Crippen LogP contribution in [0, 0.1) is 32.5 Å². The van der Waals surface area contributed by atoms with Gasteiger partial charge in [0.05, 0.1) is 6.54 Å². The van der Waals surface area contributed by atoms with Crippen LogP contribution in [0.4, 0.5) is 0 Å². The third-order valence-electron chi connectivity index (χ3n) is 20.6. The van der Waals surface area contributed by atoms with E-state index in [-0.39, 0.29) is 193 Å². The first-order valence-corrected chi connectivity index (χ1v) is 43.1. The molecule has 0 unspecified atom stereocenters. The number of carbonyl (C=O) groups is 17. The Kier molecular flexibility index (Phi) is 53.5. The summed E-state index contributed by atoms with van der Waals surface area (Å²) < 4.78 is 0. The van der Waals surface area contributed by atoms with Gasteiger partial charge in [-0.3, -0.25) is 109 Å². The number of rotatable bonds is 66. The largest absolute Gasteiger partial charge is 0.480 e. The zero-order valence-corrected chi connectivity index (χ0v) is 73.3. The summed E-state index contributed by atoms with van der Waals surface area (Å²) in [5.41, 5.74) is 66.7. The van der Waals surface area contributed by atoms with Crippen LogP contribution in [-0.2, 0) is 81.5 Å². The predicted octanol–water partition coefficient (Wildman–Crippen LogP) is -13.0. The van der Waals surface area contributed by atoms with Crippen molar-refractivity contribution in [1.29, 1.82) is 32.5 Å². The molecule has 16 amide bonds. The number of carbonyl (C=O) groups excluding carboxylic acids is 16.